The molecule has 0 aliphatic rings. The van der Waals surface area contributed by atoms with Crippen molar-refractivity contribution in [3.8, 4) is 0 Å². The van der Waals surface area contributed by atoms with Gasteiger partial charge in [0.1, 0.15) is 0 Å². The standard InChI is InChI=1S/C21H21N5O5/c22-17(27)12-24-19(29)14-7-5-13(6-8-14)11-23-18(28)9-10-26-16-4-2-1-3-15(16)20(30)25-21(26)31/h1-8H,9-12H2,(H2,22,27)(H,23,28)(H,24,29)(H,25,30,31). The van der Waals surface area contributed by atoms with Crippen LogP contribution in [0.1, 0.15) is 22.3 Å². The third kappa shape index (κ3) is 5.44. The van der Waals surface area contributed by atoms with Gasteiger partial charge in [-0.05, 0) is 29.8 Å². The van der Waals surface area contributed by atoms with Gasteiger partial charge in [0.05, 0.1) is 17.4 Å². The molecule has 0 bridgehead atoms. The number of fused-ring (bicyclic) bond motifs is 1. The Balaban J connectivity index is 1.56. The molecule has 10 heteroatoms. The number of nitrogens with two attached hydrogens (primary N) is 1. The zero-order chi connectivity index (χ0) is 22.4. The number of carbonyl (C=O) groups is 3. The van der Waals surface area contributed by atoms with Crippen molar-refractivity contribution in [2.24, 2.45) is 5.73 Å². The fraction of sp³-hybridized carbons (Fsp3) is 0.190. The summed E-state index contributed by atoms with van der Waals surface area (Å²) < 4.78 is 1.36. The monoisotopic (exact) mass is 423 g/mol. The van der Waals surface area contributed by atoms with Gasteiger partial charge in [-0.1, -0.05) is 24.3 Å². The highest BCUT2D eigenvalue weighted by molar-refractivity contribution is 5.96. The Labute approximate surface area is 176 Å². The van der Waals surface area contributed by atoms with Crippen molar-refractivity contribution in [3.05, 3.63) is 80.5 Å². The van der Waals surface area contributed by atoms with Crippen molar-refractivity contribution < 1.29 is 14.4 Å². The van der Waals surface area contributed by atoms with Crippen molar-refractivity contribution in [2.45, 2.75) is 19.5 Å². The molecule has 0 radical (unpaired) electrons. The number of hydrogen-bond donors (Lipinski definition) is 4. The van der Waals surface area contributed by atoms with Gasteiger partial charge in [0.15, 0.2) is 0 Å². The number of nitrogens with zero attached hydrogens (tertiary/aromatic N) is 1. The number of H-pyrrole nitrogens is 1. The smallest absolute Gasteiger partial charge is 0.328 e. The van der Waals surface area contributed by atoms with Crippen LogP contribution in [0.2, 0.25) is 0 Å². The minimum atomic E-state index is -0.634. The summed E-state index contributed by atoms with van der Waals surface area (Å²) in [4.78, 5) is 61.1. The highest BCUT2D eigenvalue weighted by Crippen LogP contribution is 2.08. The SMILES string of the molecule is NC(=O)CNC(=O)c1ccc(CNC(=O)CCn2c(=O)[nH]c(=O)c3ccccc32)cc1. The molecule has 3 aromatic rings. The molecule has 160 valence electrons. The Hall–Kier alpha value is -4.21. The zero-order valence-corrected chi connectivity index (χ0v) is 16.5. The first-order chi connectivity index (χ1) is 14.8. The zero-order valence-electron chi connectivity index (χ0n) is 16.5. The molecular formula is C21H21N5O5. The molecule has 0 atom stereocenters. The van der Waals surface area contributed by atoms with Crippen molar-refractivity contribution >= 4 is 28.6 Å². The molecular weight excluding hydrogens is 402 g/mol. The van der Waals surface area contributed by atoms with Crippen LogP contribution in [0.5, 0.6) is 0 Å². The van der Waals surface area contributed by atoms with E-state index in [4.69, 9.17) is 5.73 Å². The minimum absolute atomic E-state index is 0.0452. The molecule has 0 saturated heterocycles. The summed E-state index contributed by atoms with van der Waals surface area (Å²) in [5.74, 6) is -1.33. The number of primary amides is 1. The Morgan fingerprint density at radius 1 is 0.968 bits per heavy atom. The lowest BCUT2D eigenvalue weighted by Crippen LogP contribution is -2.33. The van der Waals surface area contributed by atoms with E-state index >= 15 is 0 Å². The summed E-state index contributed by atoms with van der Waals surface area (Å²) in [6, 6.07) is 13.2. The fourth-order valence-electron chi connectivity index (χ4n) is 3.01. The first-order valence-electron chi connectivity index (χ1n) is 9.49. The summed E-state index contributed by atoms with van der Waals surface area (Å²) in [7, 11) is 0. The second-order valence-electron chi connectivity index (χ2n) is 6.80. The van der Waals surface area contributed by atoms with Crippen molar-refractivity contribution in [1.29, 1.82) is 0 Å². The molecule has 0 unspecified atom stereocenters. The number of hydrogen-bond acceptors (Lipinski definition) is 5. The van der Waals surface area contributed by atoms with Gasteiger partial charge in [0.2, 0.25) is 11.8 Å². The van der Waals surface area contributed by atoms with Crippen LogP contribution in [0.15, 0.2) is 58.1 Å². The molecule has 1 heterocycles. The van der Waals surface area contributed by atoms with E-state index in [2.05, 4.69) is 15.6 Å². The molecule has 1 aromatic heterocycles. The van der Waals surface area contributed by atoms with Crippen LogP contribution in [-0.2, 0) is 22.7 Å². The third-order valence-corrected chi connectivity index (χ3v) is 4.60. The molecule has 0 aliphatic carbocycles. The number of para-hydroxylation sites is 1. The number of carbonyl (C=O) groups excluding carboxylic acids is 3. The van der Waals surface area contributed by atoms with Crippen LogP contribution in [0.4, 0.5) is 0 Å². The third-order valence-electron chi connectivity index (χ3n) is 4.60. The molecule has 2 aromatic carbocycles. The summed E-state index contributed by atoms with van der Waals surface area (Å²) in [6.45, 7) is 0.106. The van der Waals surface area contributed by atoms with Gasteiger partial charge in [0.25, 0.3) is 11.5 Å². The first kappa shape index (κ1) is 21.5. The maximum absolute atomic E-state index is 12.2. The predicted octanol–water partition coefficient (Wildman–Crippen LogP) is -0.389. The summed E-state index contributed by atoms with van der Waals surface area (Å²) in [5.41, 5.74) is 5.55. The second kappa shape index (κ2) is 9.53. The number of rotatable bonds is 8. The number of benzene rings is 2. The van der Waals surface area contributed by atoms with Crippen molar-refractivity contribution in [3.63, 3.8) is 0 Å². The maximum atomic E-state index is 12.2. The van der Waals surface area contributed by atoms with E-state index in [-0.39, 0.29) is 32.0 Å². The van der Waals surface area contributed by atoms with E-state index < -0.39 is 23.1 Å². The Kier molecular flexibility index (Phi) is 6.61. The van der Waals surface area contributed by atoms with E-state index in [1.165, 1.54) is 4.57 Å². The van der Waals surface area contributed by atoms with Gasteiger partial charge in [-0.3, -0.25) is 28.7 Å². The molecule has 0 fully saturated rings. The van der Waals surface area contributed by atoms with Crippen LogP contribution in [0, 0.1) is 0 Å². The summed E-state index contributed by atoms with van der Waals surface area (Å²) >= 11 is 0. The summed E-state index contributed by atoms with van der Waals surface area (Å²) in [5, 5.41) is 5.51. The van der Waals surface area contributed by atoms with Gasteiger partial charge in [-0.15, -0.1) is 0 Å². The Bertz CT molecular complexity index is 1240. The van der Waals surface area contributed by atoms with Crippen molar-refractivity contribution in [2.75, 3.05) is 6.54 Å². The number of aryl methyl sites for hydroxylation is 1. The molecule has 3 rings (SSSR count). The molecule has 31 heavy (non-hydrogen) atoms. The molecule has 5 N–H and O–H groups in total. The highest BCUT2D eigenvalue weighted by atomic mass is 16.2. The molecule has 10 nitrogen and oxygen atoms in total. The largest absolute Gasteiger partial charge is 0.368 e. The van der Waals surface area contributed by atoms with E-state index in [1.54, 1.807) is 48.5 Å². The lowest BCUT2D eigenvalue weighted by Gasteiger charge is -2.10. The van der Waals surface area contributed by atoms with E-state index in [1.807, 2.05) is 0 Å². The highest BCUT2D eigenvalue weighted by Gasteiger charge is 2.10. The van der Waals surface area contributed by atoms with Crippen LogP contribution < -0.4 is 27.6 Å². The fourth-order valence-corrected chi connectivity index (χ4v) is 3.01. The number of amides is 3. The van der Waals surface area contributed by atoms with E-state index in [0.717, 1.165) is 5.56 Å². The van der Waals surface area contributed by atoms with Gasteiger partial charge >= 0.3 is 5.69 Å². The maximum Gasteiger partial charge on any atom is 0.328 e. The van der Waals surface area contributed by atoms with E-state index in [0.29, 0.717) is 16.5 Å². The lowest BCUT2D eigenvalue weighted by atomic mass is 10.1. The van der Waals surface area contributed by atoms with Gasteiger partial charge in [-0.25, -0.2) is 4.79 Å². The predicted molar refractivity (Wildman–Crippen MR) is 113 cm³/mol. The number of nitrogens with one attached hydrogen (secondary N) is 3. The normalized spacial score (nSPS) is 10.6. The van der Waals surface area contributed by atoms with Gasteiger partial charge in [0, 0.05) is 25.1 Å². The average molecular weight is 423 g/mol. The van der Waals surface area contributed by atoms with Crippen molar-refractivity contribution in [1.82, 2.24) is 20.2 Å². The number of aromatic nitrogens is 2. The quantitative estimate of drug-likeness (QED) is 0.388. The van der Waals surface area contributed by atoms with Gasteiger partial charge < -0.3 is 16.4 Å². The lowest BCUT2D eigenvalue weighted by molar-refractivity contribution is -0.121. The van der Waals surface area contributed by atoms with E-state index in [9.17, 15) is 24.0 Å². The molecule has 0 spiro atoms. The average Bonchev–Trinajstić information content (AvgIpc) is 2.76. The van der Waals surface area contributed by atoms with Crippen LogP contribution in [-0.4, -0.2) is 33.8 Å². The molecule has 0 aliphatic heterocycles. The minimum Gasteiger partial charge on any atom is -0.368 e. The Morgan fingerprint density at radius 3 is 2.39 bits per heavy atom. The van der Waals surface area contributed by atoms with Gasteiger partial charge in [-0.2, -0.15) is 0 Å². The number of aromatic amines is 1. The molecule has 0 saturated carbocycles. The summed E-state index contributed by atoms with van der Waals surface area (Å²) in [6.07, 6.45) is 0.0452. The first-order valence-corrected chi connectivity index (χ1v) is 9.49. The van der Waals surface area contributed by atoms with Crippen LogP contribution >= 0.6 is 0 Å². The second-order valence-corrected chi connectivity index (χ2v) is 6.80. The molecule has 3 amide bonds. The van der Waals surface area contributed by atoms with Crippen LogP contribution in [0.25, 0.3) is 10.9 Å². The Morgan fingerprint density at radius 2 is 1.68 bits per heavy atom. The van der Waals surface area contributed by atoms with Crippen LogP contribution in [0.3, 0.4) is 0 Å². The topological polar surface area (TPSA) is 156 Å².